The first-order chi connectivity index (χ1) is 7.65. The summed E-state index contributed by atoms with van der Waals surface area (Å²) in [6.07, 6.45) is 2.06. The Bertz CT molecular complexity index is 400. The lowest BCUT2D eigenvalue weighted by molar-refractivity contribution is -0.120. The first kappa shape index (κ1) is 11.8. The van der Waals surface area contributed by atoms with E-state index in [0.29, 0.717) is 6.29 Å². The van der Waals surface area contributed by atoms with Crippen molar-refractivity contribution >= 4 is 18.2 Å². The minimum atomic E-state index is -0.558. The van der Waals surface area contributed by atoms with Gasteiger partial charge in [-0.15, -0.1) is 5.10 Å². The van der Waals surface area contributed by atoms with Gasteiger partial charge in [0.2, 0.25) is 5.91 Å². The van der Waals surface area contributed by atoms with Crippen molar-refractivity contribution in [1.82, 2.24) is 25.6 Å². The number of aromatic nitrogens is 3. The van der Waals surface area contributed by atoms with Crippen molar-refractivity contribution in [2.24, 2.45) is 0 Å². The molecule has 0 atom stereocenters. The predicted molar refractivity (Wildman–Crippen MR) is 52.6 cm³/mol. The molecule has 2 N–H and O–H groups in total. The van der Waals surface area contributed by atoms with E-state index in [4.69, 9.17) is 0 Å². The van der Waals surface area contributed by atoms with Crippen LogP contribution in [0, 0.1) is 0 Å². The molecule has 1 aromatic rings. The molecular weight excluding hydrogens is 214 g/mol. The molecule has 86 valence electrons. The number of hydrogen-bond donors (Lipinski definition) is 2. The van der Waals surface area contributed by atoms with Gasteiger partial charge in [0, 0.05) is 13.5 Å². The third kappa shape index (κ3) is 3.48. The van der Waals surface area contributed by atoms with Crippen LogP contribution in [0.25, 0.3) is 0 Å². The summed E-state index contributed by atoms with van der Waals surface area (Å²) in [5, 5.41) is 11.5. The van der Waals surface area contributed by atoms with Crippen LogP contribution in [0.4, 0.5) is 4.79 Å². The molecule has 16 heavy (non-hydrogen) atoms. The number of aldehydes is 1. The van der Waals surface area contributed by atoms with E-state index < -0.39 is 11.9 Å². The highest BCUT2D eigenvalue weighted by molar-refractivity contribution is 5.94. The van der Waals surface area contributed by atoms with Gasteiger partial charge in [-0.05, 0) is 0 Å². The van der Waals surface area contributed by atoms with E-state index in [1.165, 1.54) is 17.9 Å². The Morgan fingerprint density at radius 1 is 1.56 bits per heavy atom. The Morgan fingerprint density at radius 3 is 2.88 bits per heavy atom. The third-order valence-electron chi connectivity index (χ3n) is 1.73. The number of nitrogens with one attached hydrogen (secondary N) is 2. The van der Waals surface area contributed by atoms with E-state index >= 15 is 0 Å². The molecular formula is C8H11N5O3. The number of imide groups is 1. The SMILES string of the molecule is CNC(=O)NC(=O)CCn1cc(C=O)nn1. The summed E-state index contributed by atoms with van der Waals surface area (Å²) in [4.78, 5) is 32.2. The molecule has 0 aromatic carbocycles. The molecule has 0 aliphatic carbocycles. The molecule has 0 unspecified atom stereocenters. The van der Waals surface area contributed by atoms with Crippen molar-refractivity contribution in [3.63, 3.8) is 0 Å². The number of nitrogens with zero attached hydrogens (tertiary/aromatic N) is 3. The van der Waals surface area contributed by atoms with Gasteiger partial charge in [0.05, 0.1) is 12.7 Å². The molecule has 1 aromatic heterocycles. The molecule has 1 rings (SSSR count). The lowest BCUT2D eigenvalue weighted by Gasteiger charge is -2.02. The van der Waals surface area contributed by atoms with E-state index in [2.05, 4.69) is 20.9 Å². The summed E-state index contributed by atoms with van der Waals surface area (Å²) in [7, 11) is 1.41. The largest absolute Gasteiger partial charge is 0.341 e. The lowest BCUT2D eigenvalue weighted by atomic mass is 10.4. The van der Waals surface area contributed by atoms with Gasteiger partial charge in [-0.2, -0.15) is 0 Å². The zero-order chi connectivity index (χ0) is 12.0. The summed E-state index contributed by atoms with van der Waals surface area (Å²) in [5.74, 6) is -0.428. The first-order valence-electron chi connectivity index (χ1n) is 4.52. The summed E-state index contributed by atoms with van der Waals surface area (Å²) >= 11 is 0. The molecule has 0 radical (unpaired) electrons. The van der Waals surface area contributed by atoms with Crippen LogP contribution in [-0.4, -0.2) is 40.3 Å². The van der Waals surface area contributed by atoms with Crippen molar-refractivity contribution in [1.29, 1.82) is 0 Å². The van der Waals surface area contributed by atoms with Gasteiger partial charge in [-0.1, -0.05) is 5.21 Å². The normalized spacial score (nSPS) is 9.56. The summed E-state index contributed by atoms with van der Waals surface area (Å²) < 4.78 is 1.35. The van der Waals surface area contributed by atoms with Crippen LogP contribution in [0.3, 0.4) is 0 Å². The van der Waals surface area contributed by atoms with Gasteiger partial charge in [0.1, 0.15) is 5.69 Å². The minimum Gasteiger partial charge on any atom is -0.341 e. The number of carbonyl (C=O) groups excluding carboxylic acids is 3. The van der Waals surface area contributed by atoms with Gasteiger partial charge < -0.3 is 5.32 Å². The zero-order valence-electron chi connectivity index (χ0n) is 8.64. The van der Waals surface area contributed by atoms with Crippen molar-refractivity contribution in [3.05, 3.63) is 11.9 Å². The third-order valence-corrected chi connectivity index (χ3v) is 1.73. The number of aryl methyl sites for hydroxylation is 1. The summed E-state index contributed by atoms with van der Waals surface area (Å²) in [5.41, 5.74) is 0.201. The Hall–Kier alpha value is -2.25. The fourth-order valence-corrected chi connectivity index (χ4v) is 0.944. The lowest BCUT2D eigenvalue weighted by Crippen LogP contribution is -2.37. The van der Waals surface area contributed by atoms with E-state index in [1.807, 2.05) is 0 Å². The van der Waals surface area contributed by atoms with Crippen LogP contribution in [-0.2, 0) is 11.3 Å². The molecule has 8 heteroatoms. The summed E-state index contributed by atoms with van der Waals surface area (Å²) in [6.45, 7) is 0.254. The molecule has 3 amide bonds. The molecule has 0 aliphatic heterocycles. The Morgan fingerprint density at radius 2 is 2.31 bits per heavy atom. The number of hydrogen-bond acceptors (Lipinski definition) is 5. The number of rotatable bonds is 4. The Labute approximate surface area is 91.0 Å². The van der Waals surface area contributed by atoms with Crippen molar-refractivity contribution < 1.29 is 14.4 Å². The Kier molecular flexibility index (Phi) is 4.13. The smallest absolute Gasteiger partial charge is 0.321 e. The highest BCUT2D eigenvalue weighted by Crippen LogP contribution is 1.91. The van der Waals surface area contributed by atoms with Crippen LogP contribution in [0.5, 0.6) is 0 Å². The second-order valence-corrected chi connectivity index (χ2v) is 2.90. The average molecular weight is 225 g/mol. The fourth-order valence-electron chi connectivity index (χ4n) is 0.944. The molecule has 0 spiro atoms. The Balaban J connectivity index is 2.36. The highest BCUT2D eigenvalue weighted by Gasteiger charge is 2.06. The van der Waals surface area contributed by atoms with Gasteiger partial charge in [-0.3, -0.25) is 19.6 Å². The van der Waals surface area contributed by atoms with Crippen LogP contribution in [0.2, 0.25) is 0 Å². The predicted octanol–water partition coefficient (Wildman–Crippen LogP) is -1.06. The summed E-state index contributed by atoms with van der Waals surface area (Å²) in [6, 6.07) is -0.558. The maximum absolute atomic E-state index is 11.2. The van der Waals surface area contributed by atoms with Gasteiger partial charge in [0.25, 0.3) is 0 Å². The zero-order valence-corrected chi connectivity index (χ0v) is 8.64. The fraction of sp³-hybridized carbons (Fsp3) is 0.375. The maximum atomic E-state index is 11.2. The quantitative estimate of drug-likeness (QED) is 0.635. The number of urea groups is 1. The van der Waals surface area contributed by atoms with E-state index in [1.54, 1.807) is 0 Å². The van der Waals surface area contributed by atoms with Gasteiger partial charge in [-0.25, -0.2) is 4.79 Å². The topological polar surface area (TPSA) is 106 Å². The van der Waals surface area contributed by atoms with Gasteiger partial charge >= 0.3 is 6.03 Å². The molecule has 0 saturated heterocycles. The van der Waals surface area contributed by atoms with Crippen LogP contribution >= 0.6 is 0 Å². The van der Waals surface area contributed by atoms with E-state index in [9.17, 15) is 14.4 Å². The van der Waals surface area contributed by atoms with Crippen molar-refractivity contribution in [3.8, 4) is 0 Å². The molecule has 0 aliphatic rings. The van der Waals surface area contributed by atoms with E-state index in [0.717, 1.165) is 0 Å². The van der Waals surface area contributed by atoms with Crippen LogP contribution in [0.1, 0.15) is 16.9 Å². The van der Waals surface area contributed by atoms with Crippen LogP contribution < -0.4 is 10.6 Å². The van der Waals surface area contributed by atoms with Gasteiger partial charge in [0.15, 0.2) is 6.29 Å². The molecule has 0 bridgehead atoms. The maximum Gasteiger partial charge on any atom is 0.321 e. The molecule has 0 saturated carbocycles. The minimum absolute atomic E-state index is 0.0784. The molecule has 1 heterocycles. The van der Waals surface area contributed by atoms with Crippen LogP contribution in [0.15, 0.2) is 6.20 Å². The van der Waals surface area contributed by atoms with E-state index in [-0.39, 0.29) is 18.7 Å². The monoisotopic (exact) mass is 225 g/mol. The van der Waals surface area contributed by atoms with Crippen molar-refractivity contribution in [2.75, 3.05) is 7.05 Å². The highest BCUT2D eigenvalue weighted by atomic mass is 16.2. The molecule has 8 nitrogen and oxygen atoms in total. The molecule has 0 fully saturated rings. The number of carbonyl (C=O) groups is 3. The number of amides is 3. The standard InChI is InChI=1S/C8H11N5O3/c1-9-8(16)10-7(15)2-3-13-4-6(5-14)11-12-13/h4-5H,2-3H2,1H3,(H2,9,10,15,16). The second kappa shape index (κ2) is 5.59. The first-order valence-corrected chi connectivity index (χ1v) is 4.52. The second-order valence-electron chi connectivity index (χ2n) is 2.90. The average Bonchev–Trinajstić information content (AvgIpc) is 2.74. The van der Waals surface area contributed by atoms with Crippen molar-refractivity contribution in [2.45, 2.75) is 13.0 Å².